The van der Waals surface area contributed by atoms with E-state index in [0.717, 1.165) is 0 Å². The first kappa shape index (κ1) is 30.9. The number of sulfonamides is 1. The molecule has 43 heavy (non-hydrogen) atoms. The van der Waals surface area contributed by atoms with E-state index in [1.165, 1.54) is 4.31 Å². The molecule has 1 fully saturated rings. The number of anilines is 2. The lowest BCUT2D eigenvalue weighted by molar-refractivity contribution is -0.143. The molecule has 0 aliphatic carbocycles. The third-order valence-electron chi connectivity index (χ3n) is 7.96. The van der Waals surface area contributed by atoms with Gasteiger partial charge in [-0.25, -0.2) is 8.42 Å². The van der Waals surface area contributed by atoms with Crippen molar-refractivity contribution in [1.82, 2.24) is 24.4 Å². The number of H-pyrrole nitrogens is 1. The summed E-state index contributed by atoms with van der Waals surface area (Å²) in [5.41, 5.74) is -0.0496. The minimum Gasteiger partial charge on any atom is -0.366 e. The zero-order chi connectivity index (χ0) is 31.4. The van der Waals surface area contributed by atoms with Gasteiger partial charge in [0.05, 0.1) is 22.6 Å². The molecule has 2 aliphatic rings. The van der Waals surface area contributed by atoms with Crippen LogP contribution in [0.1, 0.15) is 66.4 Å². The zero-order valence-corrected chi connectivity index (χ0v) is 26.5. The van der Waals surface area contributed by atoms with Gasteiger partial charge in [0.25, 0.3) is 5.56 Å². The summed E-state index contributed by atoms with van der Waals surface area (Å²) in [5.74, 6) is 0.180. The first-order valence-electron chi connectivity index (χ1n) is 14.5. The van der Waals surface area contributed by atoms with Crippen molar-refractivity contribution in [3.63, 3.8) is 0 Å². The number of hydrogen-bond acceptors (Lipinski definition) is 8. The molecule has 2 aromatic heterocycles. The number of carbonyl (C=O) groups is 1. The van der Waals surface area contributed by atoms with Gasteiger partial charge in [-0.3, -0.25) is 14.3 Å². The van der Waals surface area contributed by atoms with Gasteiger partial charge in [0.15, 0.2) is 5.82 Å². The van der Waals surface area contributed by atoms with Crippen LogP contribution < -0.4 is 16.2 Å². The summed E-state index contributed by atoms with van der Waals surface area (Å²) < 4.78 is 35.8. The van der Waals surface area contributed by atoms with Crippen molar-refractivity contribution in [1.29, 1.82) is 0 Å². The monoisotopic (exact) mass is 611 g/mol. The van der Waals surface area contributed by atoms with Crippen molar-refractivity contribution in [3.8, 4) is 0 Å². The standard InChI is InChI=1S/C30H41N7O5S/c1-28(2,3)34-26(38)22-10-12-30(18-42-22,13-15-31-7)37-21-11-14-32-27(39)24(21)25(35-37)33-20-8-9-23-19(16-20)17-36(29(4,5)6)43(23,40)41/h8-9,11,14,16,22H,7,10,12-13,15,17-18H2,1-6H3,(H,32,39)(H,33,35)(H,34,38)/t22-,30-/m0/s1. The van der Waals surface area contributed by atoms with Crippen LogP contribution in [0.2, 0.25) is 0 Å². The second-order valence-electron chi connectivity index (χ2n) is 13.5. The van der Waals surface area contributed by atoms with Crippen LogP contribution in [0.3, 0.4) is 0 Å². The molecule has 1 aromatic carbocycles. The molecule has 4 heterocycles. The SMILES string of the molecule is C=NCC[C@@]1(n2nc(Nc3ccc4c(c3)CN(C(C)(C)C)S4(=O)=O)c3c(=O)[nH]ccc32)CC[C@@H](C(=O)NC(C)(C)C)OC1. The predicted molar refractivity (Wildman–Crippen MR) is 166 cm³/mol. The minimum atomic E-state index is -3.61. The van der Waals surface area contributed by atoms with Gasteiger partial charge in [-0.2, -0.15) is 9.40 Å². The van der Waals surface area contributed by atoms with Crippen LogP contribution in [0.15, 0.2) is 45.1 Å². The van der Waals surface area contributed by atoms with E-state index in [4.69, 9.17) is 9.84 Å². The van der Waals surface area contributed by atoms with E-state index in [2.05, 4.69) is 27.3 Å². The first-order valence-corrected chi connectivity index (χ1v) is 15.9. The van der Waals surface area contributed by atoms with Crippen molar-refractivity contribution in [2.75, 3.05) is 18.5 Å². The van der Waals surface area contributed by atoms with Crippen LogP contribution in [-0.4, -0.2) is 70.4 Å². The number of fused-ring (bicyclic) bond motifs is 2. The number of nitrogens with zero attached hydrogens (tertiary/aromatic N) is 4. The van der Waals surface area contributed by atoms with Crippen molar-refractivity contribution >= 4 is 45.1 Å². The topological polar surface area (TPSA) is 151 Å². The van der Waals surface area contributed by atoms with E-state index >= 15 is 0 Å². The van der Waals surface area contributed by atoms with Crippen LogP contribution >= 0.6 is 0 Å². The number of benzene rings is 1. The Morgan fingerprint density at radius 2 is 1.98 bits per heavy atom. The molecule has 0 saturated carbocycles. The van der Waals surface area contributed by atoms with Gasteiger partial charge >= 0.3 is 0 Å². The fourth-order valence-corrected chi connectivity index (χ4v) is 7.84. The maximum atomic E-state index is 13.2. The van der Waals surface area contributed by atoms with Crippen LogP contribution in [0, 0.1) is 0 Å². The van der Waals surface area contributed by atoms with E-state index in [9.17, 15) is 18.0 Å². The summed E-state index contributed by atoms with van der Waals surface area (Å²) in [7, 11) is -3.61. The Morgan fingerprint density at radius 1 is 1.23 bits per heavy atom. The molecule has 0 unspecified atom stereocenters. The molecule has 2 aliphatic heterocycles. The molecule has 12 nitrogen and oxygen atoms in total. The Labute approximate surface area is 252 Å². The Hall–Kier alpha value is -3.55. The third kappa shape index (κ3) is 5.85. The van der Waals surface area contributed by atoms with E-state index in [1.54, 1.807) is 30.5 Å². The summed E-state index contributed by atoms with van der Waals surface area (Å²) in [6, 6.07) is 6.87. The summed E-state index contributed by atoms with van der Waals surface area (Å²) in [6.07, 6.45) is 2.58. The molecule has 0 bridgehead atoms. The van der Waals surface area contributed by atoms with Crippen LogP contribution in [0.25, 0.3) is 10.9 Å². The Kier molecular flexibility index (Phi) is 7.81. The molecule has 3 N–H and O–H groups in total. The molecule has 1 saturated heterocycles. The van der Waals surface area contributed by atoms with Crippen LogP contribution in [0.4, 0.5) is 11.5 Å². The summed E-state index contributed by atoms with van der Waals surface area (Å²) in [4.78, 5) is 33.1. The Bertz CT molecular complexity index is 1720. The quantitative estimate of drug-likeness (QED) is 0.345. The number of pyridine rings is 1. The highest BCUT2D eigenvalue weighted by atomic mass is 32.2. The molecule has 1 amide bonds. The Morgan fingerprint density at radius 3 is 2.60 bits per heavy atom. The van der Waals surface area contributed by atoms with E-state index in [0.29, 0.717) is 53.8 Å². The third-order valence-corrected chi connectivity index (χ3v) is 10.2. The molecule has 232 valence electrons. The molecule has 5 rings (SSSR count). The van der Waals surface area contributed by atoms with Gasteiger partial charge in [-0.05, 0) is 97.4 Å². The van der Waals surface area contributed by atoms with Crippen LogP contribution in [-0.2, 0) is 31.6 Å². The number of aromatic nitrogens is 3. The second kappa shape index (κ2) is 10.9. The number of aromatic amines is 1. The number of ether oxygens (including phenoxy) is 1. The molecule has 2 atom stereocenters. The van der Waals surface area contributed by atoms with E-state index in [-0.39, 0.29) is 35.1 Å². The summed E-state index contributed by atoms with van der Waals surface area (Å²) in [5, 5.41) is 11.5. The van der Waals surface area contributed by atoms with E-state index in [1.807, 2.05) is 46.2 Å². The van der Waals surface area contributed by atoms with Gasteiger partial charge < -0.3 is 25.3 Å². The van der Waals surface area contributed by atoms with Crippen molar-refractivity contribution in [2.24, 2.45) is 4.99 Å². The molecular weight excluding hydrogens is 570 g/mol. The largest absolute Gasteiger partial charge is 0.366 e. The molecule has 0 spiro atoms. The molecular formula is C30H41N7O5S. The van der Waals surface area contributed by atoms with Gasteiger partial charge in [-0.1, -0.05) is 0 Å². The Balaban J connectivity index is 1.50. The highest BCUT2D eigenvalue weighted by molar-refractivity contribution is 7.89. The number of aliphatic imine (C=N–C) groups is 1. The van der Waals surface area contributed by atoms with Gasteiger partial charge in [0.1, 0.15) is 11.5 Å². The van der Waals surface area contributed by atoms with Gasteiger partial charge in [-0.15, -0.1) is 0 Å². The van der Waals surface area contributed by atoms with Gasteiger partial charge in [0.2, 0.25) is 15.9 Å². The zero-order valence-electron chi connectivity index (χ0n) is 25.7. The summed E-state index contributed by atoms with van der Waals surface area (Å²) in [6.45, 7) is 15.9. The first-order chi connectivity index (χ1) is 20.1. The second-order valence-corrected chi connectivity index (χ2v) is 15.3. The lowest BCUT2D eigenvalue weighted by atomic mass is 9.86. The minimum absolute atomic E-state index is 0.157. The number of hydrogen-bond donors (Lipinski definition) is 3. The summed E-state index contributed by atoms with van der Waals surface area (Å²) >= 11 is 0. The van der Waals surface area contributed by atoms with Crippen molar-refractivity contribution < 1.29 is 17.9 Å². The molecule has 13 heteroatoms. The maximum absolute atomic E-state index is 13.2. The average Bonchev–Trinajstić information content (AvgIpc) is 3.42. The number of amides is 1. The number of nitrogens with one attached hydrogen (secondary N) is 3. The van der Waals surface area contributed by atoms with E-state index < -0.39 is 27.2 Å². The average molecular weight is 612 g/mol. The van der Waals surface area contributed by atoms with Crippen molar-refractivity contribution in [3.05, 3.63) is 46.4 Å². The van der Waals surface area contributed by atoms with Crippen molar-refractivity contribution in [2.45, 2.75) is 95.0 Å². The highest BCUT2D eigenvalue weighted by Crippen LogP contribution is 2.39. The lowest BCUT2D eigenvalue weighted by Crippen LogP contribution is -2.52. The normalized spacial score (nSPS) is 22.3. The molecule has 0 radical (unpaired) electrons. The predicted octanol–water partition coefficient (Wildman–Crippen LogP) is 3.65. The number of rotatable bonds is 7. The fourth-order valence-electron chi connectivity index (χ4n) is 5.88. The lowest BCUT2D eigenvalue weighted by Gasteiger charge is -2.40. The van der Waals surface area contributed by atoms with Crippen LogP contribution in [0.5, 0.6) is 0 Å². The highest BCUT2D eigenvalue weighted by Gasteiger charge is 2.43. The molecule has 3 aromatic rings. The van der Waals surface area contributed by atoms with Gasteiger partial charge in [0, 0.05) is 36.1 Å². The number of carbonyl (C=O) groups excluding carboxylic acids is 1. The maximum Gasteiger partial charge on any atom is 0.261 e. The smallest absolute Gasteiger partial charge is 0.261 e. The fraction of sp³-hybridized carbons (Fsp3) is 0.533.